The minimum Gasteiger partial charge on any atom is -0.208 e. The van der Waals surface area contributed by atoms with E-state index >= 15 is 0 Å². The topological polar surface area (TPSA) is 38.7 Å². The summed E-state index contributed by atoms with van der Waals surface area (Å²) in [4.78, 5) is 15.8. The number of nitrogens with zero attached hydrogens (tertiary/aromatic N) is 3. The molecule has 0 amide bonds. The fraction of sp³-hybridized carbons (Fsp3) is 0.0192. The molecule has 0 radical (unpaired) electrons. The van der Waals surface area contributed by atoms with Crippen molar-refractivity contribution in [1.82, 2.24) is 15.0 Å². The molecule has 0 spiro atoms. The third-order valence-corrected chi connectivity index (χ3v) is 12.5. The molecule has 2 aromatic heterocycles. The fourth-order valence-corrected chi connectivity index (χ4v) is 10.0. The number of aromatic nitrogens is 3. The first-order chi connectivity index (χ1) is 27.8. The standard InChI is InChI=1S/C52H33N3S/c1-5-18-34(19-6-1)49-53-50(35-20-7-2-8-21-35)55-51(54-49)44-33-46-43(32-42(44)41-29-17-28-40-39-27-14-16-31-47(39)56-48(40)41)38-26-13-15-30-45(38)52(46,36-22-9-3-10-23-36)37-24-11-4-12-25-37/h1-33H. The summed E-state index contributed by atoms with van der Waals surface area (Å²) < 4.78 is 2.52. The van der Waals surface area contributed by atoms with Gasteiger partial charge in [-0.1, -0.05) is 182 Å². The summed E-state index contributed by atoms with van der Waals surface area (Å²) in [5, 5.41) is 2.52. The predicted molar refractivity (Wildman–Crippen MR) is 232 cm³/mol. The summed E-state index contributed by atoms with van der Waals surface area (Å²) in [6.45, 7) is 0. The Bertz CT molecular complexity index is 2970. The Hall–Kier alpha value is -7.01. The monoisotopic (exact) mass is 731 g/mol. The maximum Gasteiger partial charge on any atom is 0.164 e. The van der Waals surface area contributed by atoms with E-state index < -0.39 is 5.41 Å². The second-order valence-corrected chi connectivity index (χ2v) is 15.3. The van der Waals surface area contributed by atoms with Gasteiger partial charge in [0.2, 0.25) is 0 Å². The highest BCUT2D eigenvalue weighted by atomic mass is 32.1. The Morgan fingerprint density at radius 1 is 0.339 bits per heavy atom. The van der Waals surface area contributed by atoms with Crippen molar-refractivity contribution >= 4 is 31.5 Å². The van der Waals surface area contributed by atoms with Crippen LogP contribution in [0.4, 0.5) is 0 Å². The van der Waals surface area contributed by atoms with Crippen LogP contribution in [0.25, 0.3) is 76.6 Å². The van der Waals surface area contributed by atoms with E-state index in [0.29, 0.717) is 17.5 Å². The second-order valence-electron chi connectivity index (χ2n) is 14.3. The normalized spacial score (nSPS) is 12.8. The lowest BCUT2D eigenvalue weighted by Gasteiger charge is -2.34. The van der Waals surface area contributed by atoms with Gasteiger partial charge in [-0.05, 0) is 57.1 Å². The molecule has 0 N–H and O–H groups in total. The third kappa shape index (κ3) is 5.00. The lowest BCUT2D eigenvalue weighted by atomic mass is 9.67. The van der Waals surface area contributed by atoms with Crippen LogP contribution < -0.4 is 0 Å². The Labute approximate surface area is 329 Å². The molecule has 4 heteroatoms. The van der Waals surface area contributed by atoms with Crippen LogP contribution in [0.3, 0.4) is 0 Å². The fourth-order valence-electron chi connectivity index (χ4n) is 8.78. The highest BCUT2D eigenvalue weighted by Crippen LogP contribution is 2.58. The van der Waals surface area contributed by atoms with Crippen LogP contribution in [-0.4, -0.2) is 15.0 Å². The molecule has 1 aliphatic rings. The summed E-state index contributed by atoms with van der Waals surface area (Å²) in [5.74, 6) is 1.92. The van der Waals surface area contributed by atoms with Crippen LogP contribution in [-0.2, 0) is 5.41 Å². The zero-order valence-electron chi connectivity index (χ0n) is 30.3. The van der Waals surface area contributed by atoms with E-state index in [9.17, 15) is 0 Å². The van der Waals surface area contributed by atoms with Gasteiger partial charge in [0.15, 0.2) is 17.5 Å². The van der Waals surface area contributed by atoms with E-state index in [0.717, 1.165) is 22.3 Å². The zero-order valence-corrected chi connectivity index (χ0v) is 31.1. The SMILES string of the molecule is c1ccc(-c2nc(-c3ccccc3)nc(-c3cc4c(cc3-c3cccc5c3sc3ccccc35)-c3ccccc3C4(c3ccccc3)c3ccccc3)n2)cc1. The van der Waals surface area contributed by atoms with Crippen molar-refractivity contribution in [3.63, 3.8) is 0 Å². The van der Waals surface area contributed by atoms with Crippen molar-refractivity contribution in [1.29, 1.82) is 0 Å². The molecule has 0 bridgehead atoms. The van der Waals surface area contributed by atoms with Gasteiger partial charge in [-0.2, -0.15) is 0 Å². The van der Waals surface area contributed by atoms with Crippen LogP contribution in [0.15, 0.2) is 200 Å². The Morgan fingerprint density at radius 3 is 1.52 bits per heavy atom. The van der Waals surface area contributed by atoms with Crippen molar-refractivity contribution in [3.05, 3.63) is 222 Å². The minimum atomic E-state index is -0.580. The highest BCUT2D eigenvalue weighted by Gasteiger charge is 2.46. The molecule has 0 saturated heterocycles. The summed E-state index contributed by atoms with van der Waals surface area (Å²) in [5.41, 5.74) is 11.9. The maximum atomic E-state index is 5.36. The van der Waals surface area contributed by atoms with E-state index in [1.165, 1.54) is 59.1 Å². The molecular weight excluding hydrogens is 699 g/mol. The average molecular weight is 732 g/mol. The van der Waals surface area contributed by atoms with Crippen LogP contribution in [0, 0.1) is 0 Å². The predicted octanol–water partition coefficient (Wildman–Crippen LogP) is 13.3. The Morgan fingerprint density at radius 2 is 0.857 bits per heavy atom. The largest absolute Gasteiger partial charge is 0.208 e. The van der Waals surface area contributed by atoms with Gasteiger partial charge in [0.05, 0.1) is 5.41 Å². The molecule has 0 atom stereocenters. The Balaban J connectivity index is 1.29. The van der Waals surface area contributed by atoms with Gasteiger partial charge < -0.3 is 0 Å². The van der Waals surface area contributed by atoms with E-state index in [4.69, 9.17) is 15.0 Å². The van der Waals surface area contributed by atoms with Gasteiger partial charge in [0.25, 0.3) is 0 Å². The first kappa shape index (κ1) is 32.4. The number of fused-ring (bicyclic) bond motifs is 6. The number of benzene rings is 8. The summed E-state index contributed by atoms with van der Waals surface area (Å²) >= 11 is 1.85. The van der Waals surface area contributed by atoms with Gasteiger partial charge in [-0.25, -0.2) is 15.0 Å². The lowest BCUT2D eigenvalue weighted by molar-refractivity contribution is 0.768. The quantitative estimate of drug-likeness (QED) is 0.171. The van der Waals surface area contributed by atoms with Gasteiger partial charge in [0, 0.05) is 42.4 Å². The highest BCUT2D eigenvalue weighted by molar-refractivity contribution is 7.26. The molecule has 262 valence electrons. The smallest absolute Gasteiger partial charge is 0.164 e. The summed E-state index contributed by atoms with van der Waals surface area (Å²) in [6, 6.07) is 71.6. The Kier molecular flexibility index (Phi) is 7.58. The first-order valence-corrected chi connectivity index (χ1v) is 19.8. The van der Waals surface area contributed by atoms with Crippen molar-refractivity contribution in [2.24, 2.45) is 0 Å². The van der Waals surface area contributed by atoms with Gasteiger partial charge in [-0.15, -0.1) is 11.3 Å². The number of rotatable bonds is 6. The number of hydrogen-bond acceptors (Lipinski definition) is 4. The van der Waals surface area contributed by atoms with Crippen LogP contribution in [0.2, 0.25) is 0 Å². The molecule has 0 aliphatic heterocycles. The van der Waals surface area contributed by atoms with Crippen LogP contribution >= 0.6 is 11.3 Å². The molecule has 0 saturated carbocycles. The van der Waals surface area contributed by atoms with E-state index in [1.807, 2.05) is 47.7 Å². The summed E-state index contributed by atoms with van der Waals surface area (Å²) in [6.07, 6.45) is 0. The van der Waals surface area contributed by atoms with E-state index in [1.54, 1.807) is 0 Å². The molecule has 0 fully saturated rings. The number of hydrogen-bond donors (Lipinski definition) is 0. The molecule has 10 aromatic rings. The molecular formula is C52H33N3S. The first-order valence-electron chi connectivity index (χ1n) is 18.9. The van der Waals surface area contributed by atoms with Crippen LogP contribution in [0.5, 0.6) is 0 Å². The molecule has 1 aliphatic carbocycles. The van der Waals surface area contributed by atoms with E-state index in [2.05, 4.69) is 164 Å². The van der Waals surface area contributed by atoms with Gasteiger partial charge in [0.1, 0.15) is 0 Å². The molecule has 2 heterocycles. The zero-order chi connectivity index (χ0) is 37.1. The average Bonchev–Trinajstić information content (AvgIpc) is 3.81. The second kappa shape index (κ2) is 13.1. The van der Waals surface area contributed by atoms with Crippen molar-refractivity contribution in [3.8, 4) is 56.4 Å². The molecule has 11 rings (SSSR count). The number of thiophene rings is 1. The third-order valence-electron chi connectivity index (χ3n) is 11.2. The minimum absolute atomic E-state index is 0.580. The van der Waals surface area contributed by atoms with Gasteiger partial charge >= 0.3 is 0 Å². The van der Waals surface area contributed by atoms with Crippen molar-refractivity contribution < 1.29 is 0 Å². The molecule has 56 heavy (non-hydrogen) atoms. The van der Waals surface area contributed by atoms with Crippen molar-refractivity contribution in [2.75, 3.05) is 0 Å². The molecule has 3 nitrogen and oxygen atoms in total. The van der Waals surface area contributed by atoms with E-state index in [-0.39, 0.29) is 0 Å². The van der Waals surface area contributed by atoms with Gasteiger partial charge in [-0.3, -0.25) is 0 Å². The maximum absolute atomic E-state index is 5.36. The summed E-state index contributed by atoms with van der Waals surface area (Å²) in [7, 11) is 0. The lowest BCUT2D eigenvalue weighted by Crippen LogP contribution is -2.28. The van der Waals surface area contributed by atoms with Crippen molar-refractivity contribution in [2.45, 2.75) is 5.41 Å². The molecule has 8 aromatic carbocycles. The van der Waals surface area contributed by atoms with Crippen LogP contribution in [0.1, 0.15) is 22.3 Å². The molecule has 0 unspecified atom stereocenters.